The molecule has 0 aliphatic heterocycles. The van der Waals surface area contributed by atoms with E-state index in [2.05, 4.69) is 0 Å². The van der Waals surface area contributed by atoms with Crippen molar-refractivity contribution in [1.29, 1.82) is 0 Å². The highest BCUT2D eigenvalue weighted by molar-refractivity contribution is 5.87. The quantitative estimate of drug-likeness (QED) is 0.615. The van der Waals surface area contributed by atoms with Crippen LogP contribution in [0.5, 0.6) is 5.75 Å². The van der Waals surface area contributed by atoms with Gasteiger partial charge in [0.1, 0.15) is 5.75 Å². The van der Waals surface area contributed by atoms with E-state index >= 15 is 0 Å². The zero-order valence-electron chi connectivity index (χ0n) is 12.2. The highest BCUT2D eigenvalue weighted by Gasteiger charge is 2.00. The lowest BCUT2D eigenvalue weighted by Crippen LogP contribution is -1.98. The molecule has 0 unspecified atom stereocenters. The fourth-order valence-corrected chi connectivity index (χ4v) is 1.96. The lowest BCUT2D eigenvalue weighted by atomic mass is 10.0. The molecule has 0 amide bonds. The summed E-state index contributed by atoms with van der Waals surface area (Å²) >= 11 is 0. The molecule has 0 fully saturated rings. The van der Waals surface area contributed by atoms with Gasteiger partial charge in [0.2, 0.25) is 0 Å². The van der Waals surface area contributed by atoms with Gasteiger partial charge in [0.25, 0.3) is 0 Å². The van der Waals surface area contributed by atoms with Crippen LogP contribution in [-0.4, -0.2) is 19.7 Å². The van der Waals surface area contributed by atoms with Crippen molar-refractivity contribution in [2.45, 2.75) is 6.92 Å². The van der Waals surface area contributed by atoms with Crippen molar-refractivity contribution in [2.75, 3.05) is 13.7 Å². The van der Waals surface area contributed by atoms with Crippen LogP contribution >= 0.6 is 0 Å². The minimum Gasteiger partial charge on any atom is -0.497 e. The number of hydrogen-bond acceptors (Lipinski definition) is 3. The molecule has 2 aromatic rings. The Bertz CT molecular complexity index is 627. The lowest BCUT2D eigenvalue weighted by Gasteiger charge is -2.05. The molecule has 2 rings (SSSR count). The van der Waals surface area contributed by atoms with Crippen molar-refractivity contribution in [2.24, 2.45) is 0 Å². The van der Waals surface area contributed by atoms with Gasteiger partial charge in [0.15, 0.2) is 0 Å². The molecule has 0 atom stereocenters. The molecule has 0 aliphatic carbocycles. The van der Waals surface area contributed by atoms with Crippen molar-refractivity contribution >= 4 is 12.0 Å². The average molecular weight is 282 g/mol. The summed E-state index contributed by atoms with van der Waals surface area (Å²) in [5, 5.41) is 0. The fraction of sp³-hybridized carbons (Fsp3) is 0.167. The van der Waals surface area contributed by atoms with E-state index in [9.17, 15) is 4.79 Å². The van der Waals surface area contributed by atoms with Crippen molar-refractivity contribution in [3.8, 4) is 16.9 Å². The molecule has 0 heterocycles. The number of benzene rings is 2. The number of carbonyl (C=O) groups is 1. The highest BCUT2D eigenvalue weighted by atomic mass is 16.5. The Hall–Kier alpha value is -2.55. The van der Waals surface area contributed by atoms with Gasteiger partial charge in [-0.05, 0) is 47.9 Å². The molecule has 108 valence electrons. The zero-order chi connectivity index (χ0) is 15.1. The number of esters is 1. The molecule has 0 saturated carbocycles. The summed E-state index contributed by atoms with van der Waals surface area (Å²) in [6, 6.07) is 15.8. The van der Waals surface area contributed by atoms with Gasteiger partial charge in [-0.25, -0.2) is 4.79 Å². The summed E-state index contributed by atoms with van der Waals surface area (Å²) in [5.41, 5.74) is 3.14. The third kappa shape index (κ3) is 4.21. The summed E-state index contributed by atoms with van der Waals surface area (Å²) in [5.74, 6) is 0.504. The van der Waals surface area contributed by atoms with Crippen LogP contribution in [0.25, 0.3) is 17.2 Å². The second kappa shape index (κ2) is 7.29. The van der Waals surface area contributed by atoms with Gasteiger partial charge in [-0.2, -0.15) is 0 Å². The topological polar surface area (TPSA) is 35.5 Å². The number of methoxy groups -OCH3 is 1. The van der Waals surface area contributed by atoms with Gasteiger partial charge in [-0.15, -0.1) is 0 Å². The summed E-state index contributed by atoms with van der Waals surface area (Å²) < 4.78 is 10.0. The van der Waals surface area contributed by atoms with Crippen LogP contribution in [0.2, 0.25) is 0 Å². The second-order valence-electron chi connectivity index (χ2n) is 4.44. The Morgan fingerprint density at radius 3 is 2.52 bits per heavy atom. The molecule has 0 N–H and O–H groups in total. The average Bonchev–Trinajstić information content (AvgIpc) is 2.54. The van der Waals surface area contributed by atoms with Crippen LogP contribution in [0, 0.1) is 0 Å². The normalized spacial score (nSPS) is 10.6. The Kier molecular flexibility index (Phi) is 5.16. The molecule has 21 heavy (non-hydrogen) atoms. The van der Waals surface area contributed by atoms with Crippen molar-refractivity contribution in [1.82, 2.24) is 0 Å². The molecular formula is C18H18O3. The van der Waals surface area contributed by atoms with E-state index in [4.69, 9.17) is 9.47 Å². The molecule has 0 saturated heterocycles. The van der Waals surface area contributed by atoms with Crippen molar-refractivity contribution in [3.63, 3.8) is 0 Å². The van der Waals surface area contributed by atoms with Crippen LogP contribution in [0.15, 0.2) is 54.6 Å². The van der Waals surface area contributed by atoms with Crippen molar-refractivity contribution in [3.05, 3.63) is 60.2 Å². The number of hydrogen-bond donors (Lipinski definition) is 0. The molecule has 0 aromatic heterocycles. The third-order valence-electron chi connectivity index (χ3n) is 3.01. The maximum Gasteiger partial charge on any atom is 0.330 e. The van der Waals surface area contributed by atoms with Gasteiger partial charge < -0.3 is 9.47 Å². The lowest BCUT2D eigenvalue weighted by molar-refractivity contribution is -0.137. The molecule has 3 heteroatoms. The van der Waals surface area contributed by atoms with Crippen LogP contribution < -0.4 is 4.74 Å². The summed E-state index contributed by atoms with van der Waals surface area (Å²) in [6.07, 6.45) is 3.20. The minimum absolute atomic E-state index is 0.327. The highest BCUT2D eigenvalue weighted by Crippen LogP contribution is 2.23. The van der Waals surface area contributed by atoms with E-state index in [0.29, 0.717) is 6.61 Å². The number of rotatable bonds is 5. The Balaban J connectivity index is 2.18. The van der Waals surface area contributed by atoms with Gasteiger partial charge in [-0.3, -0.25) is 0 Å². The Labute approximate surface area is 124 Å². The Morgan fingerprint density at radius 2 is 1.86 bits per heavy atom. The van der Waals surface area contributed by atoms with E-state index < -0.39 is 0 Å². The zero-order valence-corrected chi connectivity index (χ0v) is 12.2. The first-order valence-corrected chi connectivity index (χ1v) is 6.82. The summed E-state index contributed by atoms with van der Waals surface area (Å²) in [6.45, 7) is 2.17. The SMILES string of the molecule is CCOC(=O)/C=C/c1cccc(-c2ccc(OC)cc2)c1. The first kappa shape index (κ1) is 14.9. The standard InChI is InChI=1S/C18H18O3/c1-3-21-18(19)12-7-14-5-4-6-16(13-14)15-8-10-17(20-2)11-9-15/h4-13H,3H2,1-2H3/b12-7+. The van der Waals surface area contributed by atoms with E-state index in [1.807, 2.05) is 48.5 Å². The third-order valence-corrected chi connectivity index (χ3v) is 3.01. The largest absolute Gasteiger partial charge is 0.497 e. The molecule has 0 aliphatic rings. The van der Waals surface area contributed by atoms with Gasteiger partial charge in [-0.1, -0.05) is 30.3 Å². The fourth-order valence-electron chi connectivity index (χ4n) is 1.96. The van der Waals surface area contributed by atoms with Crippen LogP contribution in [0.1, 0.15) is 12.5 Å². The molecule has 0 spiro atoms. The molecular weight excluding hydrogens is 264 g/mol. The van der Waals surface area contributed by atoms with Crippen LogP contribution in [-0.2, 0) is 9.53 Å². The smallest absolute Gasteiger partial charge is 0.330 e. The van der Waals surface area contributed by atoms with Gasteiger partial charge in [0, 0.05) is 6.08 Å². The second-order valence-corrected chi connectivity index (χ2v) is 4.44. The maximum atomic E-state index is 11.3. The minimum atomic E-state index is -0.327. The summed E-state index contributed by atoms with van der Waals surface area (Å²) in [7, 11) is 1.65. The first-order valence-electron chi connectivity index (χ1n) is 6.82. The van der Waals surface area contributed by atoms with Crippen molar-refractivity contribution < 1.29 is 14.3 Å². The van der Waals surface area contributed by atoms with E-state index in [0.717, 1.165) is 22.4 Å². The van der Waals surface area contributed by atoms with Gasteiger partial charge in [0.05, 0.1) is 13.7 Å². The molecule has 3 nitrogen and oxygen atoms in total. The van der Waals surface area contributed by atoms with Crippen LogP contribution in [0.3, 0.4) is 0 Å². The monoisotopic (exact) mass is 282 g/mol. The summed E-state index contributed by atoms with van der Waals surface area (Å²) in [4.78, 5) is 11.3. The Morgan fingerprint density at radius 1 is 1.10 bits per heavy atom. The molecule has 0 radical (unpaired) electrons. The predicted molar refractivity (Wildman–Crippen MR) is 84.1 cm³/mol. The number of ether oxygens (including phenoxy) is 2. The van der Waals surface area contributed by atoms with Crippen LogP contribution in [0.4, 0.5) is 0 Å². The van der Waals surface area contributed by atoms with E-state index in [1.54, 1.807) is 20.1 Å². The van der Waals surface area contributed by atoms with E-state index in [1.165, 1.54) is 6.08 Å². The predicted octanol–water partition coefficient (Wildman–Crippen LogP) is 3.94. The van der Waals surface area contributed by atoms with E-state index in [-0.39, 0.29) is 5.97 Å². The maximum absolute atomic E-state index is 11.3. The first-order chi connectivity index (χ1) is 10.2. The number of carbonyl (C=O) groups excluding carboxylic acids is 1. The molecule has 2 aromatic carbocycles. The van der Waals surface area contributed by atoms with Gasteiger partial charge >= 0.3 is 5.97 Å². The molecule has 0 bridgehead atoms.